The van der Waals surface area contributed by atoms with E-state index in [-0.39, 0.29) is 11.6 Å². The summed E-state index contributed by atoms with van der Waals surface area (Å²) in [6.07, 6.45) is 1.54. The average Bonchev–Trinajstić information content (AvgIpc) is 2.48. The third-order valence-corrected chi connectivity index (χ3v) is 2.78. The summed E-state index contributed by atoms with van der Waals surface area (Å²) in [4.78, 5) is 10.4. The number of nitrogens with zero attached hydrogens (tertiary/aromatic N) is 3. The highest BCUT2D eigenvalue weighted by Gasteiger charge is 2.11. The van der Waals surface area contributed by atoms with Gasteiger partial charge < -0.3 is 4.74 Å². The zero-order valence-electron chi connectivity index (χ0n) is 10.3. The second kappa shape index (κ2) is 4.93. The largest absolute Gasteiger partial charge is 0.437 e. The van der Waals surface area contributed by atoms with Crippen LogP contribution in [0, 0.1) is 10.1 Å². The molecule has 0 fully saturated rings. The molecule has 2 aromatic carbocycles. The van der Waals surface area contributed by atoms with Crippen molar-refractivity contribution in [3.05, 3.63) is 64.8 Å². The Kier molecular flexibility index (Phi) is 2.96. The third kappa shape index (κ3) is 2.26. The zero-order valence-corrected chi connectivity index (χ0v) is 10.3. The van der Waals surface area contributed by atoms with E-state index in [1.807, 2.05) is 18.2 Å². The number of non-ortho nitro benzene ring substituents is 1. The Bertz CT molecular complexity index is 775. The minimum Gasteiger partial charge on any atom is -0.437 e. The summed E-state index contributed by atoms with van der Waals surface area (Å²) in [6, 6.07) is 13.6. The molecule has 0 atom stereocenters. The highest BCUT2D eigenvalue weighted by atomic mass is 16.6. The van der Waals surface area contributed by atoms with Gasteiger partial charge >= 0.3 is 0 Å². The van der Waals surface area contributed by atoms with Gasteiger partial charge in [-0.2, -0.15) is 5.10 Å². The molecule has 0 aliphatic carbocycles. The van der Waals surface area contributed by atoms with Gasteiger partial charge in [-0.15, -0.1) is 5.10 Å². The van der Waals surface area contributed by atoms with E-state index in [0.29, 0.717) is 11.1 Å². The van der Waals surface area contributed by atoms with Crippen LogP contribution in [0.1, 0.15) is 0 Å². The van der Waals surface area contributed by atoms with Gasteiger partial charge in [0, 0.05) is 17.5 Å². The van der Waals surface area contributed by atoms with Crippen LogP contribution in [0.5, 0.6) is 11.6 Å². The molecular weight excluding hydrogens is 258 g/mol. The maximum absolute atomic E-state index is 10.8. The molecule has 1 heterocycles. The first-order chi connectivity index (χ1) is 9.74. The summed E-state index contributed by atoms with van der Waals surface area (Å²) in [6.45, 7) is 0. The monoisotopic (exact) mass is 267 g/mol. The van der Waals surface area contributed by atoms with Crippen molar-refractivity contribution in [2.24, 2.45) is 0 Å². The molecule has 6 heteroatoms. The molecule has 0 aliphatic heterocycles. The molecule has 0 saturated carbocycles. The number of rotatable bonds is 3. The van der Waals surface area contributed by atoms with E-state index >= 15 is 0 Å². The molecule has 0 amide bonds. The number of hydrogen-bond acceptors (Lipinski definition) is 5. The number of ether oxygens (including phenoxy) is 1. The first-order valence-corrected chi connectivity index (χ1v) is 5.87. The number of para-hydroxylation sites is 1. The summed E-state index contributed by atoms with van der Waals surface area (Å²) in [5.74, 6) is 0.846. The van der Waals surface area contributed by atoms with Gasteiger partial charge in [0.2, 0.25) is 5.88 Å². The van der Waals surface area contributed by atoms with E-state index in [1.54, 1.807) is 18.2 Å². The van der Waals surface area contributed by atoms with Crippen LogP contribution in [-0.4, -0.2) is 15.1 Å². The Balaban J connectivity index is 2.10. The van der Waals surface area contributed by atoms with Crippen LogP contribution < -0.4 is 4.74 Å². The van der Waals surface area contributed by atoms with Crippen molar-refractivity contribution in [1.82, 2.24) is 10.2 Å². The summed E-state index contributed by atoms with van der Waals surface area (Å²) in [5, 5.41) is 19.9. The Labute approximate surface area is 113 Å². The van der Waals surface area contributed by atoms with E-state index in [9.17, 15) is 10.1 Å². The second-order valence-electron chi connectivity index (χ2n) is 4.09. The van der Waals surface area contributed by atoms with Gasteiger partial charge in [0.1, 0.15) is 5.75 Å². The molecule has 0 unspecified atom stereocenters. The van der Waals surface area contributed by atoms with E-state index in [4.69, 9.17) is 4.74 Å². The molecule has 0 radical (unpaired) electrons. The van der Waals surface area contributed by atoms with Gasteiger partial charge in [0.05, 0.1) is 16.5 Å². The van der Waals surface area contributed by atoms with E-state index in [0.717, 1.165) is 5.39 Å². The molecule has 1 aromatic heterocycles. The van der Waals surface area contributed by atoms with Crippen molar-refractivity contribution >= 4 is 16.5 Å². The number of nitro groups is 1. The molecule has 0 bridgehead atoms. The van der Waals surface area contributed by atoms with Crippen molar-refractivity contribution in [2.75, 3.05) is 0 Å². The van der Waals surface area contributed by atoms with Crippen molar-refractivity contribution in [3.63, 3.8) is 0 Å². The molecule has 0 spiro atoms. The Morgan fingerprint density at radius 1 is 1.10 bits per heavy atom. The van der Waals surface area contributed by atoms with Gasteiger partial charge in [-0.25, -0.2) is 0 Å². The summed E-state index contributed by atoms with van der Waals surface area (Å²) >= 11 is 0. The quantitative estimate of drug-likeness (QED) is 0.537. The molecule has 3 aromatic rings. The number of hydrogen-bond donors (Lipinski definition) is 0. The smallest absolute Gasteiger partial charge is 0.270 e. The summed E-state index contributed by atoms with van der Waals surface area (Å²) < 4.78 is 5.63. The lowest BCUT2D eigenvalue weighted by Gasteiger charge is -2.06. The van der Waals surface area contributed by atoms with E-state index in [1.165, 1.54) is 18.3 Å². The van der Waals surface area contributed by atoms with Crippen LogP contribution in [0.25, 0.3) is 10.8 Å². The van der Waals surface area contributed by atoms with Gasteiger partial charge in [0.25, 0.3) is 5.69 Å². The molecule has 20 heavy (non-hydrogen) atoms. The molecule has 0 aliphatic rings. The number of nitro benzene ring substituents is 1. The summed E-state index contributed by atoms with van der Waals surface area (Å²) in [7, 11) is 0. The molecule has 6 nitrogen and oxygen atoms in total. The van der Waals surface area contributed by atoms with Crippen molar-refractivity contribution in [3.8, 4) is 11.6 Å². The first-order valence-electron chi connectivity index (χ1n) is 5.87. The molecule has 98 valence electrons. The second-order valence-corrected chi connectivity index (χ2v) is 4.09. The fourth-order valence-electron chi connectivity index (χ4n) is 1.83. The number of benzene rings is 2. The standard InChI is InChI=1S/C14H9N3O3/c18-17(19)11-7-6-10-9-15-16-14(13(10)8-11)20-12-4-2-1-3-5-12/h1-9H. The summed E-state index contributed by atoms with van der Waals surface area (Å²) in [5.41, 5.74) is -0.0107. The zero-order chi connectivity index (χ0) is 13.9. The van der Waals surface area contributed by atoms with Crippen LogP contribution >= 0.6 is 0 Å². The van der Waals surface area contributed by atoms with Crippen molar-refractivity contribution < 1.29 is 9.66 Å². The highest BCUT2D eigenvalue weighted by molar-refractivity contribution is 5.88. The predicted octanol–water partition coefficient (Wildman–Crippen LogP) is 3.33. The molecule has 0 N–H and O–H groups in total. The van der Waals surface area contributed by atoms with E-state index in [2.05, 4.69) is 10.2 Å². The van der Waals surface area contributed by atoms with Gasteiger partial charge in [-0.05, 0) is 18.2 Å². The molecule has 0 saturated heterocycles. The number of aromatic nitrogens is 2. The fourth-order valence-corrected chi connectivity index (χ4v) is 1.83. The van der Waals surface area contributed by atoms with E-state index < -0.39 is 4.92 Å². The van der Waals surface area contributed by atoms with Gasteiger partial charge in [-0.3, -0.25) is 10.1 Å². The lowest BCUT2D eigenvalue weighted by atomic mass is 10.2. The SMILES string of the molecule is O=[N+]([O-])c1ccc2cnnc(Oc3ccccc3)c2c1. The third-order valence-electron chi connectivity index (χ3n) is 2.78. The van der Waals surface area contributed by atoms with Crippen LogP contribution in [0.15, 0.2) is 54.7 Å². The highest BCUT2D eigenvalue weighted by Crippen LogP contribution is 2.29. The van der Waals surface area contributed by atoms with Crippen LogP contribution in [0.2, 0.25) is 0 Å². The fraction of sp³-hybridized carbons (Fsp3) is 0. The van der Waals surface area contributed by atoms with Crippen molar-refractivity contribution in [1.29, 1.82) is 0 Å². The Hall–Kier alpha value is -3.02. The minimum absolute atomic E-state index is 0.0107. The first kappa shape index (κ1) is 12.0. The van der Waals surface area contributed by atoms with Crippen LogP contribution in [0.3, 0.4) is 0 Å². The Morgan fingerprint density at radius 2 is 1.90 bits per heavy atom. The molecular formula is C14H9N3O3. The molecule has 3 rings (SSSR count). The van der Waals surface area contributed by atoms with Gasteiger partial charge in [0.15, 0.2) is 0 Å². The normalized spacial score (nSPS) is 10.4. The van der Waals surface area contributed by atoms with Gasteiger partial charge in [-0.1, -0.05) is 18.2 Å². The minimum atomic E-state index is -0.452. The topological polar surface area (TPSA) is 78.2 Å². The van der Waals surface area contributed by atoms with Crippen LogP contribution in [0.4, 0.5) is 5.69 Å². The lowest BCUT2D eigenvalue weighted by molar-refractivity contribution is -0.384. The lowest BCUT2D eigenvalue weighted by Crippen LogP contribution is -1.93. The van der Waals surface area contributed by atoms with Crippen molar-refractivity contribution in [2.45, 2.75) is 0 Å². The average molecular weight is 267 g/mol. The maximum atomic E-state index is 10.8. The van der Waals surface area contributed by atoms with Crippen LogP contribution in [-0.2, 0) is 0 Å². The Morgan fingerprint density at radius 3 is 2.65 bits per heavy atom. The maximum Gasteiger partial charge on any atom is 0.270 e. The predicted molar refractivity (Wildman–Crippen MR) is 72.7 cm³/mol. The number of fused-ring (bicyclic) bond motifs is 1.